The van der Waals surface area contributed by atoms with Crippen LogP contribution in [0.5, 0.6) is 0 Å². The molecule has 4 heteroatoms. The molecular weight excluding hydrogens is 216 g/mol. The summed E-state index contributed by atoms with van der Waals surface area (Å²) >= 11 is 0. The van der Waals surface area contributed by atoms with E-state index in [2.05, 4.69) is 17.6 Å². The van der Waals surface area contributed by atoms with Gasteiger partial charge in [0.25, 0.3) is 0 Å². The molecule has 2 saturated heterocycles. The molecule has 17 heavy (non-hydrogen) atoms. The SMILES string of the molecule is CCC1CCNC(C(=O)NCC2CCCO2)C1. The summed E-state index contributed by atoms with van der Waals surface area (Å²) < 4.78 is 5.50. The van der Waals surface area contributed by atoms with Crippen molar-refractivity contribution in [2.24, 2.45) is 5.92 Å². The molecule has 98 valence electrons. The number of ether oxygens (including phenoxy) is 1. The molecule has 0 aliphatic carbocycles. The summed E-state index contributed by atoms with van der Waals surface area (Å²) in [6.07, 6.45) is 5.80. The first-order valence-corrected chi connectivity index (χ1v) is 6.92. The first-order chi connectivity index (χ1) is 8.29. The van der Waals surface area contributed by atoms with E-state index in [9.17, 15) is 4.79 Å². The zero-order valence-electron chi connectivity index (χ0n) is 10.7. The highest BCUT2D eigenvalue weighted by Gasteiger charge is 2.26. The average Bonchev–Trinajstić information content (AvgIpc) is 2.89. The minimum atomic E-state index is 0.00935. The molecule has 2 heterocycles. The van der Waals surface area contributed by atoms with Gasteiger partial charge in [-0.1, -0.05) is 13.3 Å². The lowest BCUT2D eigenvalue weighted by molar-refractivity contribution is -0.124. The topological polar surface area (TPSA) is 50.4 Å². The summed E-state index contributed by atoms with van der Waals surface area (Å²) in [6, 6.07) is 0.00935. The van der Waals surface area contributed by atoms with E-state index in [0.29, 0.717) is 12.5 Å². The van der Waals surface area contributed by atoms with Crippen molar-refractivity contribution in [2.75, 3.05) is 19.7 Å². The van der Waals surface area contributed by atoms with Crippen LogP contribution >= 0.6 is 0 Å². The van der Waals surface area contributed by atoms with Crippen LogP contribution in [-0.2, 0) is 9.53 Å². The van der Waals surface area contributed by atoms with Crippen LogP contribution in [0.1, 0.15) is 39.0 Å². The van der Waals surface area contributed by atoms with Crippen molar-refractivity contribution in [3.8, 4) is 0 Å². The van der Waals surface area contributed by atoms with Crippen LogP contribution in [0.3, 0.4) is 0 Å². The molecule has 0 spiro atoms. The molecule has 3 atom stereocenters. The number of nitrogens with one attached hydrogen (secondary N) is 2. The van der Waals surface area contributed by atoms with Crippen molar-refractivity contribution in [2.45, 2.75) is 51.2 Å². The van der Waals surface area contributed by atoms with Gasteiger partial charge in [0.05, 0.1) is 12.1 Å². The maximum atomic E-state index is 12.0. The van der Waals surface area contributed by atoms with Crippen LogP contribution in [0.4, 0.5) is 0 Å². The zero-order chi connectivity index (χ0) is 12.1. The molecule has 2 N–H and O–H groups in total. The summed E-state index contributed by atoms with van der Waals surface area (Å²) in [5, 5.41) is 6.32. The summed E-state index contributed by atoms with van der Waals surface area (Å²) in [5.41, 5.74) is 0. The standard InChI is InChI=1S/C13H24N2O2/c1-2-10-5-6-14-12(8-10)13(16)15-9-11-4-3-7-17-11/h10-12,14H,2-9H2,1H3,(H,15,16). The molecular formula is C13H24N2O2. The Balaban J connectivity index is 1.71. The van der Waals surface area contributed by atoms with Crippen molar-refractivity contribution in [1.29, 1.82) is 0 Å². The van der Waals surface area contributed by atoms with Gasteiger partial charge in [-0.05, 0) is 38.1 Å². The number of carbonyl (C=O) groups excluding carboxylic acids is 1. The Labute approximate surface area is 103 Å². The van der Waals surface area contributed by atoms with E-state index >= 15 is 0 Å². The van der Waals surface area contributed by atoms with Crippen molar-refractivity contribution in [1.82, 2.24) is 10.6 Å². The molecule has 0 bridgehead atoms. The molecule has 0 aromatic carbocycles. The molecule has 2 aliphatic heterocycles. The van der Waals surface area contributed by atoms with Gasteiger partial charge in [0.1, 0.15) is 0 Å². The van der Waals surface area contributed by atoms with Crippen LogP contribution in [0, 0.1) is 5.92 Å². The van der Waals surface area contributed by atoms with E-state index in [4.69, 9.17) is 4.74 Å². The molecule has 0 radical (unpaired) electrons. The second-order valence-electron chi connectivity index (χ2n) is 5.19. The van der Waals surface area contributed by atoms with Crippen LogP contribution in [0.2, 0.25) is 0 Å². The Kier molecular flexibility index (Phi) is 4.80. The average molecular weight is 240 g/mol. The molecule has 2 aliphatic rings. The van der Waals surface area contributed by atoms with E-state index in [0.717, 1.165) is 32.4 Å². The summed E-state index contributed by atoms with van der Waals surface area (Å²) in [4.78, 5) is 12.0. The van der Waals surface area contributed by atoms with Gasteiger partial charge in [0.15, 0.2) is 0 Å². The third-order valence-electron chi connectivity index (χ3n) is 3.93. The normalized spacial score (nSPS) is 33.6. The van der Waals surface area contributed by atoms with E-state index in [1.54, 1.807) is 0 Å². The Hall–Kier alpha value is -0.610. The number of amides is 1. The van der Waals surface area contributed by atoms with Gasteiger partial charge >= 0.3 is 0 Å². The zero-order valence-corrected chi connectivity index (χ0v) is 10.7. The highest BCUT2D eigenvalue weighted by Crippen LogP contribution is 2.19. The molecule has 0 saturated carbocycles. The van der Waals surface area contributed by atoms with Crippen molar-refractivity contribution in [3.05, 3.63) is 0 Å². The van der Waals surface area contributed by atoms with Gasteiger partial charge in [-0.3, -0.25) is 4.79 Å². The minimum absolute atomic E-state index is 0.00935. The smallest absolute Gasteiger partial charge is 0.237 e. The molecule has 3 unspecified atom stereocenters. The Morgan fingerprint density at radius 2 is 2.35 bits per heavy atom. The first kappa shape index (κ1) is 12.8. The third kappa shape index (κ3) is 3.68. The maximum Gasteiger partial charge on any atom is 0.237 e. The van der Waals surface area contributed by atoms with Crippen molar-refractivity contribution in [3.63, 3.8) is 0 Å². The van der Waals surface area contributed by atoms with Crippen molar-refractivity contribution >= 4 is 5.91 Å². The molecule has 0 aromatic heterocycles. The lowest BCUT2D eigenvalue weighted by atomic mass is 9.90. The third-order valence-corrected chi connectivity index (χ3v) is 3.93. The molecule has 2 fully saturated rings. The lowest BCUT2D eigenvalue weighted by Gasteiger charge is -2.29. The van der Waals surface area contributed by atoms with Crippen LogP contribution < -0.4 is 10.6 Å². The Bertz CT molecular complexity index is 252. The maximum absolute atomic E-state index is 12.0. The lowest BCUT2D eigenvalue weighted by Crippen LogP contribution is -2.49. The quantitative estimate of drug-likeness (QED) is 0.772. The predicted molar refractivity (Wildman–Crippen MR) is 66.8 cm³/mol. The fourth-order valence-corrected chi connectivity index (χ4v) is 2.71. The molecule has 0 aromatic rings. The minimum Gasteiger partial charge on any atom is -0.376 e. The number of rotatable bonds is 4. The van der Waals surface area contributed by atoms with Gasteiger partial charge in [0, 0.05) is 13.2 Å². The number of piperidine rings is 1. The first-order valence-electron chi connectivity index (χ1n) is 6.92. The largest absolute Gasteiger partial charge is 0.376 e. The number of hydrogen-bond acceptors (Lipinski definition) is 3. The predicted octanol–water partition coefficient (Wildman–Crippen LogP) is 1.06. The number of hydrogen-bond donors (Lipinski definition) is 2. The van der Waals surface area contributed by atoms with Crippen LogP contribution in [-0.4, -0.2) is 37.7 Å². The highest BCUT2D eigenvalue weighted by atomic mass is 16.5. The molecule has 1 amide bonds. The fourth-order valence-electron chi connectivity index (χ4n) is 2.71. The monoisotopic (exact) mass is 240 g/mol. The van der Waals surface area contributed by atoms with Crippen LogP contribution in [0.25, 0.3) is 0 Å². The van der Waals surface area contributed by atoms with E-state index in [1.807, 2.05) is 0 Å². The van der Waals surface area contributed by atoms with E-state index < -0.39 is 0 Å². The van der Waals surface area contributed by atoms with Crippen molar-refractivity contribution < 1.29 is 9.53 Å². The van der Waals surface area contributed by atoms with Crippen LogP contribution in [0.15, 0.2) is 0 Å². The fraction of sp³-hybridized carbons (Fsp3) is 0.923. The summed E-state index contributed by atoms with van der Waals surface area (Å²) in [6.45, 7) is 4.70. The summed E-state index contributed by atoms with van der Waals surface area (Å²) in [5.74, 6) is 0.855. The second-order valence-corrected chi connectivity index (χ2v) is 5.19. The van der Waals surface area contributed by atoms with E-state index in [-0.39, 0.29) is 18.1 Å². The summed E-state index contributed by atoms with van der Waals surface area (Å²) in [7, 11) is 0. The highest BCUT2D eigenvalue weighted by molar-refractivity contribution is 5.81. The second kappa shape index (κ2) is 6.36. The van der Waals surface area contributed by atoms with Gasteiger partial charge < -0.3 is 15.4 Å². The van der Waals surface area contributed by atoms with E-state index in [1.165, 1.54) is 12.8 Å². The Morgan fingerprint density at radius 1 is 1.47 bits per heavy atom. The van der Waals surface area contributed by atoms with Gasteiger partial charge in [-0.2, -0.15) is 0 Å². The van der Waals surface area contributed by atoms with Gasteiger partial charge in [-0.15, -0.1) is 0 Å². The molecule has 4 nitrogen and oxygen atoms in total. The van der Waals surface area contributed by atoms with Gasteiger partial charge in [-0.25, -0.2) is 0 Å². The number of carbonyl (C=O) groups is 1. The molecule has 2 rings (SSSR count). The Morgan fingerprint density at radius 3 is 3.06 bits per heavy atom. The van der Waals surface area contributed by atoms with Gasteiger partial charge in [0.2, 0.25) is 5.91 Å².